The van der Waals surface area contributed by atoms with Crippen molar-refractivity contribution in [2.24, 2.45) is 0 Å². The molecule has 0 fully saturated rings. The van der Waals surface area contributed by atoms with E-state index < -0.39 is 12.9 Å². The summed E-state index contributed by atoms with van der Waals surface area (Å²) in [5.74, 6) is -0.342. The Hall–Kier alpha value is -2.97. The number of benzene rings is 2. The van der Waals surface area contributed by atoms with Gasteiger partial charge in [-0.1, -0.05) is 0 Å². The van der Waals surface area contributed by atoms with Gasteiger partial charge in [0.1, 0.15) is 11.6 Å². The average molecular weight is 391 g/mol. The van der Waals surface area contributed by atoms with E-state index in [1.54, 1.807) is 0 Å². The predicted molar refractivity (Wildman–Crippen MR) is 110 cm³/mol. The van der Waals surface area contributed by atoms with Crippen molar-refractivity contribution in [3.8, 4) is 17.0 Å². The second-order valence-corrected chi connectivity index (χ2v) is 7.37. The maximum absolute atomic E-state index is 14.4. The lowest BCUT2D eigenvalue weighted by Gasteiger charge is -2.23. The summed E-state index contributed by atoms with van der Waals surface area (Å²) in [6.07, 6.45) is 5.62. The predicted octanol–water partition coefficient (Wildman–Crippen LogP) is 2.48. The molecule has 2 heterocycles. The van der Waals surface area contributed by atoms with E-state index in [0.29, 0.717) is 11.3 Å². The molecule has 1 aliphatic carbocycles. The van der Waals surface area contributed by atoms with Crippen molar-refractivity contribution in [2.45, 2.75) is 25.7 Å². The molecule has 146 valence electrons. The first kappa shape index (κ1) is 18.1. The molecule has 29 heavy (non-hydrogen) atoms. The first-order chi connectivity index (χ1) is 14.1. The first-order valence-electron chi connectivity index (χ1n) is 9.60. The summed E-state index contributed by atoms with van der Waals surface area (Å²) >= 11 is 0. The van der Waals surface area contributed by atoms with Gasteiger partial charge in [-0.15, -0.1) is 0 Å². The van der Waals surface area contributed by atoms with E-state index in [2.05, 4.69) is 10.2 Å². The third kappa shape index (κ3) is 2.79. The Morgan fingerprint density at radius 2 is 1.93 bits per heavy atom. The van der Waals surface area contributed by atoms with Gasteiger partial charge in [-0.05, 0) is 61.1 Å². The maximum atomic E-state index is 14.4. The van der Waals surface area contributed by atoms with Crippen LogP contribution in [0, 0.1) is 5.82 Å². The minimum absolute atomic E-state index is 0.0146. The second kappa shape index (κ2) is 6.82. The molecule has 0 spiro atoms. The van der Waals surface area contributed by atoms with Gasteiger partial charge in [0, 0.05) is 21.8 Å². The van der Waals surface area contributed by atoms with Gasteiger partial charge in [-0.25, -0.2) is 9.37 Å². The van der Waals surface area contributed by atoms with Crippen LogP contribution >= 0.6 is 0 Å². The van der Waals surface area contributed by atoms with E-state index in [0.717, 1.165) is 59.1 Å². The number of methoxy groups -OCH3 is 1. The van der Waals surface area contributed by atoms with E-state index in [9.17, 15) is 14.4 Å². The van der Waals surface area contributed by atoms with Crippen LogP contribution in [-0.4, -0.2) is 39.5 Å². The second-order valence-electron chi connectivity index (χ2n) is 7.37. The highest BCUT2D eigenvalue weighted by atomic mass is 19.1. The molecule has 3 N–H and O–H groups in total. The molecule has 2 aromatic carbocycles. The molecule has 0 amide bonds. The number of nitrogens with zero attached hydrogens (tertiary/aromatic N) is 2. The van der Waals surface area contributed by atoms with Crippen LogP contribution in [0.25, 0.3) is 33.1 Å². The Morgan fingerprint density at radius 1 is 1.14 bits per heavy atom. The van der Waals surface area contributed by atoms with Gasteiger partial charge in [-0.2, -0.15) is 5.10 Å². The topological polar surface area (TPSA) is 91.3 Å². The zero-order valence-electron chi connectivity index (χ0n) is 15.9. The number of nitrogens with one attached hydrogen (secondary N) is 1. The fraction of sp³-hybridized carbons (Fsp3) is 0.238. The van der Waals surface area contributed by atoms with Gasteiger partial charge < -0.3 is 14.8 Å². The van der Waals surface area contributed by atoms with Gasteiger partial charge in [0.2, 0.25) is 0 Å². The number of hydrogen-bond donors (Lipinski definition) is 3. The van der Waals surface area contributed by atoms with Crippen molar-refractivity contribution in [3.05, 3.63) is 47.4 Å². The molecular weight excluding hydrogens is 372 g/mol. The maximum Gasteiger partial charge on any atom is 0.492 e. The summed E-state index contributed by atoms with van der Waals surface area (Å²) in [5.41, 5.74) is 5.05. The van der Waals surface area contributed by atoms with Crippen LogP contribution in [0.3, 0.4) is 0 Å². The number of halogens is 1. The summed E-state index contributed by atoms with van der Waals surface area (Å²) < 4.78 is 19.9. The van der Waals surface area contributed by atoms with Crippen molar-refractivity contribution in [2.75, 3.05) is 7.11 Å². The molecule has 0 unspecified atom stereocenters. The van der Waals surface area contributed by atoms with Crippen LogP contribution in [0.2, 0.25) is 0 Å². The van der Waals surface area contributed by atoms with Crippen LogP contribution in [0.4, 0.5) is 4.39 Å². The van der Waals surface area contributed by atoms with Crippen molar-refractivity contribution >= 4 is 34.4 Å². The normalized spacial score (nSPS) is 13.7. The van der Waals surface area contributed by atoms with E-state index >= 15 is 0 Å². The number of H-pyrrole nitrogens is 1. The summed E-state index contributed by atoms with van der Waals surface area (Å²) in [6, 6.07) is 6.30. The van der Waals surface area contributed by atoms with Crippen LogP contribution in [-0.2, 0) is 12.8 Å². The number of aromatic nitrogens is 3. The summed E-state index contributed by atoms with van der Waals surface area (Å²) in [5, 5.41) is 28.7. The lowest BCUT2D eigenvalue weighted by atomic mass is 9.77. The number of fused-ring (bicyclic) bond motifs is 5. The molecule has 4 aromatic rings. The Balaban J connectivity index is 1.89. The number of pyridine rings is 1. The molecule has 5 rings (SSSR count). The van der Waals surface area contributed by atoms with Gasteiger partial charge in [0.15, 0.2) is 0 Å². The Kier molecular flexibility index (Phi) is 4.26. The summed E-state index contributed by atoms with van der Waals surface area (Å²) in [4.78, 5) is 4.89. The zero-order chi connectivity index (χ0) is 20.1. The summed E-state index contributed by atoms with van der Waals surface area (Å²) in [7, 11) is -0.410. The third-order valence-corrected chi connectivity index (χ3v) is 5.71. The molecule has 0 radical (unpaired) electrons. The van der Waals surface area contributed by atoms with Crippen LogP contribution in [0.1, 0.15) is 24.0 Å². The molecule has 0 saturated carbocycles. The molecule has 2 aromatic heterocycles. The zero-order valence-corrected chi connectivity index (χ0v) is 15.9. The Bertz CT molecular complexity index is 1260. The fourth-order valence-electron chi connectivity index (χ4n) is 4.48. The van der Waals surface area contributed by atoms with E-state index in [1.165, 1.54) is 18.7 Å². The lowest BCUT2D eigenvalue weighted by molar-refractivity contribution is 0.403. The quantitative estimate of drug-likeness (QED) is 0.467. The van der Waals surface area contributed by atoms with Crippen LogP contribution < -0.4 is 10.2 Å². The number of hydrogen-bond acceptors (Lipinski definition) is 5. The van der Waals surface area contributed by atoms with Crippen molar-refractivity contribution in [3.63, 3.8) is 0 Å². The highest BCUT2D eigenvalue weighted by Gasteiger charge is 2.27. The minimum Gasteiger partial charge on any atom is -0.496 e. The molecule has 0 aliphatic heterocycles. The van der Waals surface area contributed by atoms with Crippen LogP contribution in [0.15, 0.2) is 30.5 Å². The highest BCUT2D eigenvalue weighted by molar-refractivity contribution is 6.60. The molecule has 1 aliphatic rings. The number of ether oxygens (including phenoxy) is 1. The molecule has 0 bridgehead atoms. The van der Waals surface area contributed by atoms with Crippen molar-refractivity contribution in [1.29, 1.82) is 0 Å². The van der Waals surface area contributed by atoms with E-state index in [1.807, 2.05) is 18.3 Å². The monoisotopic (exact) mass is 391 g/mol. The average Bonchev–Trinajstić information content (AvgIpc) is 3.21. The standard InChI is InChI=1S/C21H19BFN3O3/c1-29-21-14(8-11(23)9-16(21)22(27)28)20-13-5-3-2-4-12(13)19-15-10-24-26-17(15)6-7-18(19)25-20/h6-10,27-28H,2-5H2,1H3,(H,24,26). The van der Waals surface area contributed by atoms with Crippen molar-refractivity contribution < 1.29 is 19.2 Å². The highest BCUT2D eigenvalue weighted by Crippen LogP contribution is 2.40. The Labute approximate surface area is 166 Å². The first-order valence-corrected chi connectivity index (χ1v) is 9.60. The lowest BCUT2D eigenvalue weighted by Crippen LogP contribution is -2.32. The van der Waals surface area contributed by atoms with E-state index in [-0.39, 0.29) is 11.2 Å². The van der Waals surface area contributed by atoms with Gasteiger partial charge in [0.25, 0.3) is 0 Å². The molecular formula is C21H19BFN3O3. The number of rotatable bonds is 3. The van der Waals surface area contributed by atoms with Gasteiger partial charge in [-0.3, -0.25) is 5.10 Å². The minimum atomic E-state index is -1.85. The molecule has 8 heteroatoms. The molecule has 0 saturated heterocycles. The molecule has 0 atom stereocenters. The van der Waals surface area contributed by atoms with E-state index in [4.69, 9.17) is 9.72 Å². The SMILES string of the molecule is COc1c(B(O)O)cc(F)cc1-c1nc2ccc3[nH]ncc3c2c2c1CCCC2. The third-order valence-electron chi connectivity index (χ3n) is 5.71. The number of aryl methyl sites for hydroxylation is 1. The smallest absolute Gasteiger partial charge is 0.492 e. The molecule has 6 nitrogen and oxygen atoms in total. The largest absolute Gasteiger partial charge is 0.496 e. The van der Waals surface area contributed by atoms with Gasteiger partial charge >= 0.3 is 7.12 Å². The Morgan fingerprint density at radius 3 is 2.69 bits per heavy atom. The van der Waals surface area contributed by atoms with Crippen molar-refractivity contribution in [1.82, 2.24) is 15.2 Å². The van der Waals surface area contributed by atoms with Gasteiger partial charge in [0.05, 0.1) is 30.0 Å². The number of aromatic amines is 1. The van der Waals surface area contributed by atoms with Crippen LogP contribution in [0.5, 0.6) is 5.75 Å². The fourth-order valence-corrected chi connectivity index (χ4v) is 4.48. The summed E-state index contributed by atoms with van der Waals surface area (Å²) in [6.45, 7) is 0.